The molecule has 1 saturated carbocycles. The highest BCUT2D eigenvalue weighted by Gasteiger charge is 2.52. The zero-order chi connectivity index (χ0) is 32.1. The van der Waals surface area contributed by atoms with Crippen molar-refractivity contribution in [2.24, 2.45) is 0 Å². The molecule has 1 saturated heterocycles. The van der Waals surface area contributed by atoms with Crippen molar-refractivity contribution in [3.8, 4) is 11.5 Å². The van der Waals surface area contributed by atoms with Gasteiger partial charge in [-0.3, -0.25) is 4.90 Å². The smallest absolute Gasteiger partial charge is 0.490 e. The first-order valence-electron chi connectivity index (χ1n) is 13.5. The maximum atomic E-state index is 13.6. The molecule has 0 unspecified atom stereocenters. The number of amides is 2. The fourth-order valence-electron chi connectivity index (χ4n) is 5.88. The van der Waals surface area contributed by atoms with Gasteiger partial charge in [0.1, 0.15) is 5.01 Å². The van der Waals surface area contributed by atoms with Crippen LogP contribution in [0.4, 0.5) is 32.4 Å². The number of likely N-dealkylation sites (tertiary alicyclic amines) is 1. The third-order valence-corrected chi connectivity index (χ3v) is 8.67. The Kier molecular flexibility index (Phi) is 10.3. The second-order valence-corrected chi connectivity index (χ2v) is 11.4. The minimum absolute atomic E-state index is 0.0690. The van der Waals surface area contributed by atoms with E-state index in [0.29, 0.717) is 11.5 Å². The summed E-state index contributed by atoms with van der Waals surface area (Å²) < 4.78 is 69.6. The number of carbonyl (C=O) groups is 2. The number of anilines is 1. The van der Waals surface area contributed by atoms with Crippen molar-refractivity contribution in [3.63, 3.8) is 0 Å². The Hall–Kier alpha value is -3.98. The van der Waals surface area contributed by atoms with Crippen LogP contribution in [0.25, 0.3) is 0 Å². The lowest BCUT2D eigenvalue weighted by Crippen LogP contribution is -2.52. The van der Waals surface area contributed by atoms with Crippen LogP contribution in [-0.4, -0.2) is 66.0 Å². The average Bonchev–Trinajstić information content (AvgIpc) is 3.63. The Morgan fingerprint density at radius 2 is 1.82 bits per heavy atom. The highest BCUT2D eigenvalue weighted by molar-refractivity contribution is 7.09. The van der Waals surface area contributed by atoms with Crippen LogP contribution in [-0.2, 0) is 16.8 Å². The highest BCUT2D eigenvalue weighted by atomic mass is 32.1. The normalized spacial score (nSPS) is 21.4. The number of carboxylic acid groups (broad SMARTS) is 1. The fraction of sp³-hybridized carbons (Fsp3) is 0.414. The molecule has 1 aromatic heterocycles. The summed E-state index contributed by atoms with van der Waals surface area (Å²) in [5.74, 6) is -3.31. The van der Waals surface area contributed by atoms with Crippen LogP contribution in [0, 0.1) is 11.6 Å². The predicted molar refractivity (Wildman–Crippen MR) is 152 cm³/mol. The van der Waals surface area contributed by atoms with E-state index in [2.05, 4.69) is 32.7 Å². The zero-order valence-electron chi connectivity index (χ0n) is 23.8. The van der Waals surface area contributed by atoms with E-state index < -0.39 is 29.8 Å². The topological polar surface area (TPSA) is 113 Å². The first-order valence-corrected chi connectivity index (χ1v) is 14.4. The molecule has 1 aliphatic heterocycles. The molecule has 238 valence electrons. The van der Waals surface area contributed by atoms with E-state index in [9.17, 15) is 26.7 Å². The minimum atomic E-state index is -5.08. The number of hydrogen-bond acceptors (Lipinski definition) is 7. The quantitative estimate of drug-likeness (QED) is 0.273. The number of carboxylic acids is 1. The van der Waals surface area contributed by atoms with Crippen molar-refractivity contribution in [2.75, 3.05) is 26.1 Å². The van der Waals surface area contributed by atoms with Crippen LogP contribution in [0.2, 0.25) is 0 Å². The lowest BCUT2D eigenvalue weighted by atomic mass is 9.65. The number of urea groups is 1. The zero-order valence-corrected chi connectivity index (χ0v) is 24.6. The minimum Gasteiger partial charge on any atom is -0.493 e. The summed E-state index contributed by atoms with van der Waals surface area (Å²) >= 11 is 1.64. The van der Waals surface area contributed by atoms with Crippen LogP contribution in [0.15, 0.2) is 48.0 Å². The van der Waals surface area contributed by atoms with Gasteiger partial charge in [0.15, 0.2) is 23.1 Å². The van der Waals surface area contributed by atoms with Gasteiger partial charge in [0.2, 0.25) is 0 Å². The van der Waals surface area contributed by atoms with Gasteiger partial charge in [-0.2, -0.15) is 13.2 Å². The number of aliphatic carboxylic acids is 1. The van der Waals surface area contributed by atoms with Gasteiger partial charge in [-0.1, -0.05) is 6.07 Å². The average molecular weight is 643 g/mol. The SMILES string of the molecule is COc1ccc([C@@]23CC[C@@H](NC(=O)Nc4ccc(F)c(F)c4)C[C@@H]2N(Cc2nccs2)CC3)cc1OC.O=C(O)C(F)(F)F. The molecule has 0 spiro atoms. The molecule has 0 bridgehead atoms. The first kappa shape index (κ1) is 32.9. The molecule has 2 fully saturated rings. The van der Waals surface area contributed by atoms with Gasteiger partial charge in [-0.15, -0.1) is 11.3 Å². The maximum absolute atomic E-state index is 13.6. The molecule has 2 aromatic carbocycles. The molecule has 44 heavy (non-hydrogen) atoms. The molecule has 1 aliphatic carbocycles. The van der Waals surface area contributed by atoms with Gasteiger partial charge in [-0.25, -0.2) is 23.4 Å². The molecule has 5 rings (SSSR count). The number of nitrogens with one attached hydrogen (secondary N) is 2. The second-order valence-electron chi connectivity index (χ2n) is 10.4. The number of nitrogens with zero attached hydrogens (tertiary/aromatic N) is 2. The van der Waals surface area contributed by atoms with E-state index in [1.54, 1.807) is 25.6 Å². The van der Waals surface area contributed by atoms with Crippen LogP contribution in [0.3, 0.4) is 0 Å². The van der Waals surface area contributed by atoms with Crippen molar-refractivity contribution in [1.29, 1.82) is 0 Å². The van der Waals surface area contributed by atoms with Crippen molar-refractivity contribution in [3.05, 3.63) is 70.2 Å². The lowest BCUT2D eigenvalue weighted by molar-refractivity contribution is -0.192. The Bertz CT molecular complexity index is 1460. The Labute approximate surface area is 254 Å². The van der Waals surface area contributed by atoms with E-state index in [0.717, 1.165) is 55.9 Å². The molecule has 3 atom stereocenters. The van der Waals surface area contributed by atoms with E-state index in [1.807, 2.05) is 17.6 Å². The van der Waals surface area contributed by atoms with Crippen LogP contribution >= 0.6 is 11.3 Å². The molecule has 0 radical (unpaired) electrons. The fourth-order valence-corrected chi connectivity index (χ4v) is 6.52. The lowest BCUT2D eigenvalue weighted by Gasteiger charge is -2.45. The van der Waals surface area contributed by atoms with Gasteiger partial charge >= 0.3 is 18.2 Å². The second kappa shape index (κ2) is 13.8. The Balaban J connectivity index is 0.000000566. The third kappa shape index (κ3) is 7.56. The number of methoxy groups -OCH3 is 2. The van der Waals surface area contributed by atoms with E-state index in [4.69, 9.17) is 19.4 Å². The molecule has 2 aliphatic rings. The molecule has 9 nitrogen and oxygen atoms in total. The Morgan fingerprint density at radius 3 is 2.43 bits per heavy atom. The number of rotatable bonds is 7. The number of alkyl halides is 3. The number of hydrogen-bond donors (Lipinski definition) is 3. The molecular weight excluding hydrogens is 611 g/mol. The van der Waals surface area contributed by atoms with Crippen molar-refractivity contribution >= 4 is 29.0 Å². The van der Waals surface area contributed by atoms with E-state index in [1.165, 1.54) is 11.6 Å². The van der Waals surface area contributed by atoms with Crippen LogP contribution in [0.1, 0.15) is 36.3 Å². The molecule has 3 N–H and O–H groups in total. The van der Waals surface area contributed by atoms with Crippen LogP contribution in [0.5, 0.6) is 11.5 Å². The van der Waals surface area contributed by atoms with Gasteiger partial charge < -0.3 is 25.2 Å². The van der Waals surface area contributed by atoms with Gasteiger partial charge in [0.25, 0.3) is 0 Å². The number of ether oxygens (including phenoxy) is 2. The molecule has 3 aromatic rings. The van der Waals surface area contributed by atoms with Crippen molar-refractivity contribution < 1.29 is 46.1 Å². The summed E-state index contributed by atoms with van der Waals surface area (Å²) in [5, 5.41) is 15.9. The van der Waals surface area contributed by atoms with E-state index >= 15 is 0 Å². The van der Waals surface area contributed by atoms with E-state index in [-0.39, 0.29) is 23.2 Å². The van der Waals surface area contributed by atoms with Gasteiger partial charge in [0, 0.05) is 40.8 Å². The summed E-state index contributed by atoms with van der Waals surface area (Å²) in [5.41, 5.74) is 1.32. The highest BCUT2D eigenvalue weighted by Crippen LogP contribution is 2.50. The first-order chi connectivity index (χ1) is 20.9. The summed E-state index contributed by atoms with van der Waals surface area (Å²) in [4.78, 5) is 28.6. The summed E-state index contributed by atoms with van der Waals surface area (Å²) in [7, 11) is 3.28. The number of thiazole rings is 1. The predicted octanol–water partition coefficient (Wildman–Crippen LogP) is 5.96. The summed E-state index contributed by atoms with van der Waals surface area (Å²) in [6.07, 6.45) is 0.168. The molecule has 15 heteroatoms. The molecule has 2 amide bonds. The number of benzene rings is 2. The molecule has 2 heterocycles. The number of carbonyl (C=O) groups excluding carboxylic acids is 1. The number of fused-ring (bicyclic) bond motifs is 1. The standard InChI is InChI=1S/C27H30F2N4O3S.C2HF3O2/c1-35-22-6-3-17(13-23(22)36-2)27-8-7-19(32-26(34)31-18-4-5-20(28)21(29)14-18)15-24(27)33(11-9-27)16-25-30-10-12-37-25;3-2(4,5)1(6)7/h3-6,10,12-14,19,24H,7-9,11,15-16H2,1-2H3,(H2,31,32,34);(H,6,7)/t19-,24+,27+;/m1./s1. The largest absolute Gasteiger partial charge is 0.493 e. The van der Waals surface area contributed by atoms with Crippen LogP contribution < -0.4 is 20.1 Å². The van der Waals surface area contributed by atoms with Crippen molar-refractivity contribution in [1.82, 2.24) is 15.2 Å². The van der Waals surface area contributed by atoms with Gasteiger partial charge in [-0.05, 0) is 62.1 Å². The van der Waals surface area contributed by atoms with Gasteiger partial charge in [0.05, 0.1) is 20.8 Å². The Morgan fingerprint density at radius 1 is 1.09 bits per heavy atom. The number of aromatic nitrogens is 1. The monoisotopic (exact) mass is 642 g/mol. The third-order valence-electron chi connectivity index (χ3n) is 7.91. The molecular formula is C29H31F5N4O5S. The van der Waals surface area contributed by atoms with Crippen molar-refractivity contribution in [2.45, 2.75) is 55.9 Å². The summed E-state index contributed by atoms with van der Waals surface area (Å²) in [6, 6.07) is 9.17. The maximum Gasteiger partial charge on any atom is 0.490 e. The number of halogens is 5. The summed E-state index contributed by atoms with van der Waals surface area (Å²) in [6.45, 7) is 1.68.